The molecule has 0 heterocycles. The summed E-state index contributed by atoms with van der Waals surface area (Å²) in [6.45, 7) is -1.56. The van der Waals surface area contributed by atoms with Gasteiger partial charge in [-0.05, 0) is 12.8 Å². The van der Waals surface area contributed by atoms with Gasteiger partial charge in [0.2, 0.25) is 0 Å². The van der Waals surface area contributed by atoms with Gasteiger partial charge >= 0.3 is 6.18 Å². The van der Waals surface area contributed by atoms with Crippen LogP contribution in [0.25, 0.3) is 0 Å². The molecule has 1 atom stereocenters. The first kappa shape index (κ1) is 11.7. The quantitative estimate of drug-likeness (QED) is 0.681. The summed E-state index contributed by atoms with van der Waals surface area (Å²) in [5, 5.41) is 11.8. The minimum atomic E-state index is -4.29. The van der Waals surface area contributed by atoms with Crippen molar-refractivity contribution in [3.05, 3.63) is 0 Å². The number of hydrogen-bond donors (Lipinski definition) is 2. The van der Waals surface area contributed by atoms with E-state index >= 15 is 0 Å². The van der Waals surface area contributed by atoms with Crippen LogP contribution in [0.2, 0.25) is 0 Å². The molecule has 1 fully saturated rings. The average Bonchev–Trinajstić information content (AvgIpc) is 2.84. The lowest BCUT2D eigenvalue weighted by Crippen LogP contribution is -2.39. The number of halogens is 3. The van der Waals surface area contributed by atoms with Gasteiger partial charge in [-0.1, -0.05) is 0 Å². The molecule has 0 spiro atoms. The fourth-order valence-electron chi connectivity index (χ4n) is 1.05. The summed E-state index contributed by atoms with van der Waals surface area (Å²) in [4.78, 5) is 0. The molecule has 1 rings (SSSR count). The van der Waals surface area contributed by atoms with Crippen molar-refractivity contribution in [3.8, 4) is 0 Å². The molecule has 0 amide bonds. The van der Waals surface area contributed by atoms with Crippen molar-refractivity contribution in [2.24, 2.45) is 0 Å². The zero-order valence-electron chi connectivity index (χ0n) is 7.68. The Bertz CT molecular complexity index is 170. The van der Waals surface area contributed by atoms with Crippen molar-refractivity contribution in [3.63, 3.8) is 0 Å². The lowest BCUT2D eigenvalue weighted by atomic mass is 10.3. The minimum Gasteiger partial charge on any atom is -0.395 e. The number of hydrogen-bond acceptors (Lipinski definition) is 3. The van der Waals surface area contributed by atoms with E-state index in [1.54, 1.807) is 0 Å². The minimum absolute atomic E-state index is 0.105. The highest BCUT2D eigenvalue weighted by Gasteiger charge is 2.29. The molecular weight excluding hydrogens is 199 g/mol. The molecule has 1 saturated carbocycles. The zero-order chi connectivity index (χ0) is 10.6. The highest BCUT2D eigenvalue weighted by Crippen LogP contribution is 2.19. The molecule has 0 aromatic carbocycles. The van der Waals surface area contributed by atoms with E-state index in [4.69, 9.17) is 5.11 Å². The third-order valence-corrected chi connectivity index (χ3v) is 1.85. The van der Waals surface area contributed by atoms with Crippen molar-refractivity contribution >= 4 is 0 Å². The summed E-state index contributed by atoms with van der Waals surface area (Å²) in [5.74, 6) is 0. The number of aliphatic hydroxyl groups excluding tert-OH is 1. The highest BCUT2D eigenvalue weighted by molar-refractivity contribution is 4.84. The first-order valence-corrected chi connectivity index (χ1v) is 4.52. The lowest BCUT2D eigenvalue weighted by Gasteiger charge is -2.16. The molecule has 1 unspecified atom stereocenters. The summed E-state index contributed by atoms with van der Waals surface area (Å²) in [5.41, 5.74) is 0. The van der Waals surface area contributed by atoms with E-state index in [1.807, 2.05) is 0 Å². The van der Waals surface area contributed by atoms with Crippen molar-refractivity contribution in [1.29, 1.82) is 0 Å². The van der Waals surface area contributed by atoms with Crippen LogP contribution < -0.4 is 5.32 Å². The second-order valence-corrected chi connectivity index (χ2v) is 3.45. The van der Waals surface area contributed by atoms with E-state index in [0.717, 1.165) is 12.8 Å². The van der Waals surface area contributed by atoms with E-state index in [0.29, 0.717) is 6.04 Å². The molecule has 6 heteroatoms. The topological polar surface area (TPSA) is 41.5 Å². The largest absolute Gasteiger partial charge is 0.411 e. The molecule has 1 aliphatic carbocycles. The zero-order valence-corrected chi connectivity index (χ0v) is 7.68. The molecular formula is C8H14F3NO2. The fraction of sp³-hybridized carbons (Fsp3) is 1.00. The van der Waals surface area contributed by atoms with Crippen LogP contribution in [0.3, 0.4) is 0 Å². The third-order valence-electron chi connectivity index (χ3n) is 1.85. The SMILES string of the molecule is OCC(COCC(F)(F)F)NC1CC1. The molecule has 84 valence electrons. The molecule has 14 heavy (non-hydrogen) atoms. The van der Waals surface area contributed by atoms with Gasteiger partial charge in [0.15, 0.2) is 0 Å². The maximum Gasteiger partial charge on any atom is 0.411 e. The lowest BCUT2D eigenvalue weighted by molar-refractivity contribution is -0.175. The van der Waals surface area contributed by atoms with Crippen molar-refractivity contribution in [2.75, 3.05) is 19.8 Å². The van der Waals surface area contributed by atoms with E-state index in [2.05, 4.69) is 10.1 Å². The van der Waals surface area contributed by atoms with Crippen LogP contribution in [0.1, 0.15) is 12.8 Å². The Kier molecular flexibility index (Phi) is 4.15. The van der Waals surface area contributed by atoms with Crippen molar-refractivity contribution in [1.82, 2.24) is 5.32 Å². The number of alkyl halides is 3. The Balaban J connectivity index is 2.07. The molecule has 0 aromatic heterocycles. The van der Waals surface area contributed by atoms with Gasteiger partial charge in [0, 0.05) is 6.04 Å². The predicted molar refractivity (Wildman–Crippen MR) is 43.9 cm³/mol. The smallest absolute Gasteiger partial charge is 0.395 e. The van der Waals surface area contributed by atoms with Crippen LogP contribution >= 0.6 is 0 Å². The second-order valence-electron chi connectivity index (χ2n) is 3.45. The number of aliphatic hydroxyl groups is 1. The molecule has 2 N–H and O–H groups in total. The van der Waals surface area contributed by atoms with Gasteiger partial charge in [0.1, 0.15) is 6.61 Å². The van der Waals surface area contributed by atoms with E-state index in [1.165, 1.54) is 0 Å². The standard InChI is InChI=1S/C8H14F3NO2/c9-8(10,11)5-14-4-7(3-13)12-6-1-2-6/h6-7,12-13H,1-5H2. The van der Waals surface area contributed by atoms with Crippen molar-refractivity contribution in [2.45, 2.75) is 31.1 Å². The fourth-order valence-corrected chi connectivity index (χ4v) is 1.05. The van der Waals surface area contributed by atoms with Crippen LogP contribution in [0.4, 0.5) is 13.2 Å². The van der Waals surface area contributed by atoms with E-state index in [-0.39, 0.29) is 19.3 Å². The summed E-state index contributed by atoms with van der Waals surface area (Å²) in [6, 6.07) is -0.0357. The molecule has 0 saturated heterocycles. The van der Waals surface area contributed by atoms with Crippen LogP contribution in [-0.2, 0) is 4.74 Å². The molecule has 3 nitrogen and oxygen atoms in total. The van der Waals surface area contributed by atoms with Crippen LogP contribution in [-0.4, -0.2) is 43.2 Å². The van der Waals surface area contributed by atoms with E-state index in [9.17, 15) is 13.2 Å². The van der Waals surface area contributed by atoms with Gasteiger partial charge in [0.25, 0.3) is 0 Å². The Morgan fingerprint density at radius 3 is 2.50 bits per heavy atom. The molecule has 0 aromatic rings. The van der Waals surface area contributed by atoms with Crippen LogP contribution in [0.15, 0.2) is 0 Å². The first-order chi connectivity index (χ1) is 6.51. The molecule has 0 bridgehead atoms. The summed E-state index contributed by atoms with van der Waals surface area (Å²) >= 11 is 0. The van der Waals surface area contributed by atoms with Gasteiger partial charge in [-0.3, -0.25) is 0 Å². The molecule has 1 aliphatic rings. The third kappa shape index (κ3) is 5.41. The Morgan fingerprint density at radius 1 is 1.43 bits per heavy atom. The first-order valence-electron chi connectivity index (χ1n) is 4.52. The Hall–Kier alpha value is -0.330. The Labute approximate surface area is 80.2 Å². The maximum absolute atomic E-state index is 11.7. The summed E-state index contributed by atoms with van der Waals surface area (Å²) < 4.78 is 39.5. The average molecular weight is 213 g/mol. The van der Waals surface area contributed by atoms with Gasteiger partial charge in [-0.2, -0.15) is 13.2 Å². The summed E-state index contributed by atoms with van der Waals surface area (Å²) in [6.07, 6.45) is -2.24. The monoisotopic (exact) mass is 213 g/mol. The predicted octanol–water partition coefficient (Wildman–Crippen LogP) is 0.678. The van der Waals surface area contributed by atoms with Gasteiger partial charge in [0.05, 0.1) is 19.3 Å². The second kappa shape index (κ2) is 4.95. The van der Waals surface area contributed by atoms with Crippen LogP contribution in [0, 0.1) is 0 Å². The van der Waals surface area contributed by atoms with Crippen LogP contribution in [0.5, 0.6) is 0 Å². The van der Waals surface area contributed by atoms with Gasteiger partial charge < -0.3 is 15.2 Å². The van der Waals surface area contributed by atoms with E-state index < -0.39 is 12.8 Å². The number of rotatable bonds is 6. The van der Waals surface area contributed by atoms with Crippen molar-refractivity contribution < 1.29 is 23.0 Å². The summed E-state index contributed by atoms with van der Waals surface area (Å²) in [7, 11) is 0. The number of nitrogens with one attached hydrogen (secondary N) is 1. The highest BCUT2D eigenvalue weighted by atomic mass is 19.4. The number of ether oxygens (including phenoxy) is 1. The van der Waals surface area contributed by atoms with Gasteiger partial charge in [-0.25, -0.2) is 0 Å². The molecule has 0 aliphatic heterocycles. The maximum atomic E-state index is 11.7. The Morgan fingerprint density at radius 2 is 2.07 bits per heavy atom. The van der Waals surface area contributed by atoms with Gasteiger partial charge in [-0.15, -0.1) is 0 Å². The molecule has 0 radical (unpaired) electrons. The normalized spacial score (nSPS) is 19.7.